The Hall–Kier alpha value is -1.00. The maximum Gasteiger partial charge on any atom is 0.123 e. The van der Waals surface area contributed by atoms with Crippen molar-refractivity contribution in [3.8, 4) is 0 Å². The molecule has 0 fully saturated rings. The van der Waals surface area contributed by atoms with Crippen LogP contribution in [0.4, 0.5) is 4.39 Å². The molecule has 0 atom stereocenters. The van der Waals surface area contributed by atoms with Gasteiger partial charge in [-0.3, -0.25) is 0 Å². The summed E-state index contributed by atoms with van der Waals surface area (Å²) in [5.74, 6) is -0.336. The number of halogens is 1. The molecular formula is C11H14FNOS. The molecule has 0 bridgehead atoms. The third kappa shape index (κ3) is 3.57. The largest absolute Gasteiger partial charge is 0.389 e. The molecule has 0 saturated carbocycles. The van der Waals surface area contributed by atoms with Gasteiger partial charge in [-0.25, -0.2) is 4.39 Å². The quantitative estimate of drug-likeness (QED) is 0.619. The highest BCUT2D eigenvalue weighted by Crippen LogP contribution is 2.12. The van der Waals surface area contributed by atoms with Gasteiger partial charge in [0.25, 0.3) is 0 Å². The summed E-state index contributed by atoms with van der Waals surface area (Å²) >= 11 is 4.84. The van der Waals surface area contributed by atoms with Gasteiger partial charge in [-0.1, -0.05) is 25.2 Å². The lowest BCUT2D eigenvalue weighted by molar-refractivity contribution is 0.121. The first-order valence-electron chi connectivity index (χ1n) is 4.81. The maximum atomic E-state index is 12.9. The molecule has 2 N–H and O–H groups in total. The van der Waals surface area contributed by atoms with Gasteiger partial charge >= 0.3 is 0 Å². The Balaban J connectivity index is 2.81. The molecule has 0 saturated heterocycles. The van der Waals surface area contributed by atoms with Crippen molar-refractivity contribution in [1.29, 1.82) is 0 Å². The molecule has 0 spiro atoms. The van der Waals surface area contributed by atoms with Crippen LogP contribution in [0.5, 0.6) is 0 Å². The summed E-state index contributed by atoms with van der Waals surface area (Å²) in [5.41, 5.74) is 6.88. The summed E-state index contributed by atoms with van der Waals surface area (Å²) in [6.07, 6.45) is 0.948. The van der Waals surface area contributed by atoms with Crippen LogP contribution in [0.1, 0.15) is 24.5 Å². The lowest BCUT2D eigenvalue weighted by atomic mass is 10.1. The van der Waals surface area contributed by atoms with Gasteiger partial charge < -0.3 is 10.5 Å². The second kappa shape index (κ2) is 5.78. The van der Waals surface area contributed by atoms with Crippen molar-refractivity contribution in [2.45, 2.75) is 20.0 Å². The van der Waals surface area contributed by atoms with Crippen molar-refractivity contribution in [3.63, 3.8) is 0 Å². The average molecular weight is 227 g/mol. The summed E-state index contributed by atoms with van der Waals surface area (Å²) < 4.78 is 18.3. The molecule has 1 aromatic rings. The SMILES string of the molecule is CCCOCc1ccc(F)cc1C(N)=S. The Morgan fingerprint density at radius 2 is 2.27 bits per heavy atom. The lowest BCUT2D eigenvalue weighted by Gasteiger charge is -2.08. The second-order valence-corrected chi connectivity index (χ2v) is 3.66. The minimum atomic E-state index is -0.336. The molecule has 0 aromatic heterocycles. The first-order chi connectivity index (χ1) is 7.15. The van der Waals surface area contributed by atoms with E-state index in [9.17, 15) is 4.39 Å². The summed E-state index contributed by atoms with van der Waals surface area (Å²) in [6, 6.07) is 4.37. The minimum Gasteiger partial charge on any atom is -0.389 e. The van der Waals surface area contributed by atoms with Crippen molar-refractivity contribution in [2.24, 2.45) is 5.73 Å². The predicted octanol–water partition coefficient (Wildman–Crippen LogP) is 2.39. The van der Waals surface area contributed by atoms with E-state index in [0.717, 1.165) is 12.0 Å². The third-order valence-corrected chi connectivity index (χ3v) is 2.16. The van der Waals surface area contributed by atoms with Gasteiger partial charge in [0.05, 0.1) is 6.61 Å². The molecule has 0 aliphatic rings. The molecule has 0 amide bonds. The zero-order valence-corrected chi connectivity index (χ0v) is 9.44. The Bertz CT molecular complexity index is 354. The summed E-state index contributed by atoms with van der Waals surface area (Å²) in [5, 5.41) is 0. The van der Waals surface area contributed by atoms with Crippen LogP contribution >= 0.6 is 12.2 Å². The van der Waals surface area contributed by atoms with Gasteiger partial charge in [0.2, 0.25) is 0 Å². The van der Waals surface area contributed by atoms with Crippen molar-refractivity contribution < 1.29 is 9.13 Å². The average Bonchev–Trinajstić information content (AvgIpc) is 2.20. The smallest absolute Gasteiger partial charge is 0.123 e. The highest BCUT2D eigenvalue weighted by Gasteiger charge is 2.06. The Kier molecular flexibility index (Phi) is 4.65. The van der Waals surface area contributed by atoms with E-state index in [4.69, 9.17) is 22.7 Å². The summed E-state index contributed by atoms with van der Waals surface area (Å²) in [7, 11) is 0. The fourth-order valence-electron chi connectivity index (χ4n) is 1.23. The second-order valence-electron chi connectivity index (χ2n) is 3.22. The van der Waals surface area contributed by atoms with Crippen LogP contribution in [0.3, 0.4) is 0 Å². The highest BCUT2D eigenvalue weighted by molar-refractivity contribution is 7.80. The van der Waals surface area contributed by atoms with Crippen LogP contribution in [-0.4, -0.2) is 11.6 Å². The summed E-state index contributed by atoms with van der Waals surface area (Å²) in [4.78, 5) is 0.199. The van der Waals surface area contributed by atoms with Gasteiger partial charge in [-0.15, -0.1) is 0 Å². The van der Waals surface area contributed by atoms with E-state index in [2.05, 4.69) is 0 Å². The first-order valence-corrected chi connectivity index (χ1v) is 5.22. The molecule has 0 unspecified atom stereocenters. The van der Waals surface area contributed by atoms with Crippen LogP contribution in [-0.2, 0) is 11.3 Å². The van der Waals surface area contributed by atoms with E-state index in [0.29, 0.717) is 18.8 Å². The molecule has 15 heavy (non-hydrogen) atoms. The van der Waals surface area contributed by atoms with Crippen LogP contribution in [0.15, 0.2) is 18.2 Å². The maximum absolute atomic E-state index is 12.9. The zero-order chi connectivity index (χ0) is 11.3. The molecule has 1 aromatic carbocycles. The van der Waals surface area contributed by atoms with Gasteiger partial charge in [0, 0.05) is 12.2 Å². The summed E-state index contributed by atoms with van der Waals surface area (Å²) in [6.45, 7) is 3.12. The zero-order valence-electron chi connectivity index (χ0n) is 8.63. The van der Waals surface area contributed by atoms with Gasteiger partial charge in [-0.05, 0) is 24.1 Å². The number of rotatable bonds is 5. The third-order valence-electron chi connectivity index (χ3n) is 1.94. The molecule has 0 radical (unpaired) electrons. The molecule has 0 heterocycles. The van der Waals surface area contributed by atoms with E-state index in [1.807, 2.05) is 6.92 Å². The van der Waals surface area contributed by atoms with Crippen molar-refractivity contribution in [2.75, 3.05) is 6.61 Å². The van der Waals surface area contributed by atoms with Crippen molar-refractivity contribution in [1.82, 2.24) is 0 Å². The number of hydrogen-bond acceptors (Lipinski definition) is 2. The Morgan fingerprint density at radius 1 is 1.53 bits per heavy atom. The number of ether oxygens (including phenoxy) is 1. The van der Waals surface area contributed by atoms with Gasteiger partial charge in [-0.2, -0.15) is 0 Å². The molecule has 4 heteroatoms. The minimum absolute atomic E-state index is 0.199. The Labute approximate surface area is 94.2 Å². The number of benzene rings is 1. The molecule has 0 aliphatic heterocycles. The van der Waals surface area contributed by atoms with Crippen LogP contribution < -0.4 is 5.73 Å². The molecule has 82 valence electrons. The fraction of sp³-hybridized carbons (Fsp3) is 0.364. The molecule has 1 rings (SSSR count). The van der Waals surface area contributed by atoms with Gasteiger partial charge in [0.1, 0.15) is 10.8 Å². The van der Waals surface area contributed by atoms with Gasteiger partial charge in [0.15, 0.2) is 0 Å². The normalized spacial score (nSPS) is 10.3. The molecule has 0 aliphatic carbocycles. The monoisotopic (exact) mass is 227 g/mol. The van der Waals surface area contributed by atoms with Crippen molar-refractivity contribution >= 4 is 17.2 Å². The van der Waals surface area contributed by atoms with E-state index < -0.39 is 0 Å². The van der Waals surface area contributed by atoms with Crippen LogP contribution in [0.25, 0.3) is 0 Å². The highest BCUT2D eigenvalue weighted by atomic mass is 32.1. The van der Waals surface area contributed by atoms with E-state index in [1.165, 1.54) is 12.1 Å². The van der Waals surface area contributed by atoms with Crippen LogP contribution in [0.2, 0.25) is 0 Å². The first kappa shape index (κ1) is 12.1. The standard InChI is InChI=1S/C11H14FNOS/c1-2-5-14-7-8-3-4-9(12)6-10(8)11(13)15/h3-4,6H,2,5,7H2,1H3,(H2,13,15). The van der Waals surface area contributed by atoms with Crippen molar-refractivity contribution in [3.05, 3.63) is 35.1 Å². The van der Waals surface area contributed by atoms with E-state index in [1.54, 1.807) is 6.07 Å². The van der Waals surface area contributed by atoms with Crippen LogP contribution in [0, 0.1) is 5.82 Å². The topological polar surface area (TPSA) is 35.2 Å². The number of nitrogens with two attached hydrogens (primary N) is 1. The van der Waals surface area contributed by atoms with E-state index >= 15 is 0 Å². The predicted molar refractivity (Wildman–Crippen MR) is 62.2 cm³/mol. The molecular weight excluding hydrogens is 213 g/mol. The number of hydrogen-bond donors (Lipinski definition) is 1. The lowest BCUT2D eigenvalue weighted by Crippen LogP contribution is -2.13. The Morgan fingerprint density at radius 3 is 2.87 bits per heavy atom. The van der Waals surface area contributed by atoms with E-state index in [-0.39, 0.29) is 10.8 Å². The molecule has 2 nitrogen and oxygen atoms in total. The fourth-order valence-corrected chi connectivity index (χ4v) is 1.42. The number of thiocarbonyl (C=S) groups is 1.